The minimum absolute atomic E-state index is 0.0260. The summed E-state index contributed by atoms with van der Waals surface area (Å²) in [4.78, 5) is 18.9. The van der Waals surface area contributed by atoms with Crippen molar-refractivity contribution < 1.29 is 4.79 Å². The first kappa shape index (κ1) is 12.4. The normalized spacial score (nSPS) is 10.0. The van der Waals surface area contributed by atoms with E-state index in [4.69, 9.17) is 11.6 Å². The number of hydrogen-bond acceptors (Lipinski definition) is 3. The molecule has 1 rings (SSSR count). The number of carbonyl (C=O) groups is 1. The van der Waals surface area contributed by atoms with Crippen LogP contribution in [0.2, 0.25) is 5.28 Å². The van der Waals surface area contributed by atoms with Crippen LogP contribution < -0.4 is 5.32 Å². The van der Waals surface area contributed by atoms with Crippen molar-refractivity contribution >= 4 is 39.1 Å². The summed E-state index contributed by atoms with van der Waals surface area (Å²) in [6.45, 7) is 0. The zero-order valence-electron chi connectivity index (χ0n) is 8.04. The van der Waals surface area contributed by atoms with Crippen LogP contribution in [0.1, 0.15) is 19.3 Å². The largest absolute Gasteiger partial charge is 0.323 e. The van der Waals surface area contributed by atoms with E-state index in [0.29, 0.717) is 12.1 Å². The van der Waals surface area contributed by atoms with Gasteiger partial charge in [-0.3, -0.25) is 4.79 Å². The molecule has 1 aromatic heterocycles. The molecule has 1 aromatic rings. The third kappa shape index (κ3) is 5.09. The Morgan fingerprint density at radius 1 is 1.40 bits per heavy atom. The van der Waals surface area contributed by atoms with Gasteiger partial charge in [-0.15, -0.1) is 0 Å². The number of amides is 1. The molecule has 0 aliphatic rings. The molecule has 82 valence electrons. The predicted octanol–water partition coefficient (Wildman–Crippen LogP) is 2.63. The highest BCUT2D eigenvalue weighted by molar-refractivity contribution is 9.09. The number of alkyl halides is 1. The number of anilines is 1. The maximum absolute atomic E-state index is 11.4. The van der Waals surface area contributed by atoms with Crippen LogP contribution in [0, 0.1) is 0 Å². The first-order valence-corrected chi connectivity index (χ1v) is 6.05. The molecule has 0 bridgehead atoms. The third-order valence-corrected chi connectivity index (χ3v) is 2.45. The molecule has 0 spiro atoms. The molecule has 0 aromatic carbocycles. The Labute approximate surface area is 102 Å². The van der Waals surface area contributed by atoms with Crippen LogP contribution in [0.25, 0.3) is 0 Å². The van der Waals surface area contributed by atoms with Crippen LogP contribution in [0.4, 0.5) is 5.69 Å². The van der Waals surface area contributed by atoms with E-state index in [1.165, 1.54) is 12.4 Å². The summed E-state index contributed by atoms with van der Waals surface area (Å²) in [6, 6.07) is 0. The summed E-state index contributed by atoms with van der Waals surface area (Å²) in [7, 11) is 0. The summed E-state index contributed by atoms with van der Waals surface area (Å²) in [5.74, 6) is -0.0260. The van der Waals surface area contributed by atoms with Crippen LogP contribution in [0.15, 0.2) is 12.4 Å². The zero-order chi connectivity index (χ0) is 11.1. The molecule has 15 heavy (non-hydrogen) atoms. The van der Waals surface area contributed by atoms with Crippen LogP contribution in [0.5, 0.6) is 0 Å². The minimum atomic E-state index is -0.0260. The lowest BCUT2D eigenvalue weighted by atomic mass is 10.2. The molecule has 1 N–H and O–H groups in total. The van der Waals surface area contributed by atoms with Crippen molar-refractivity contribution in [1.82, 2.24) is 9.97 Å². The number of hydrogen-bond donors (Lipinski definition) is 1. The van der Waals surface area contributed by atoms with E-state index >= 15 is 0 Å². The second-order valence-corrected chi connectivity index (χ2v) is 4.07. The van der Waals surface area contributed by atoms with Gasteiger partial charge in [0.15, 0.2) is 0 Å². The number of aromatic nitrogens is 2. The molecule has 1 heterocycles. The molecule has 1 amide bonds. The highest BCUT2D eigenvalue weighted by Gasteiger charge is 2.02. The number of halogens is 2. The number of unbranched alkanes of at least 4 members (excludes halogenated alkanes) is 1. The van der Waals surface area contributed by atoms with E-state index in [0.717, 1.165) is 18.2 Å². The van der Waals surface area contributed by atoms with Crippen molar-refractivity contribution in [1.29, 1.82) is 0 Å². The lowest BCUT2D eigenvalue weighted by molar-refractivity contribution is -0.116. The lowest BCUT2D eigenvalue weighted by Gasteiger charge is -2.03. The van der Waals surface area contributed by atoms with E-state index in [9.17, 15) is 4.79 Å². The Morgan fingerprint density at radius 2 is 2.07 bits per heavy atom. The third-order valence-electron chi connectivity index (χ3n) is 1.69. The van der Waals surface area contributed by atoms with E-state index in [1.54, 1.807) is 0 Å². The van der Waals surface area contributed by atoms with Crippen molar-refractivity contribution in [2.75, 3.05) is 10.6 Å². The molecule has 0 saturated heterocycles. The van der Waals surface area contributed by atoms with Gasteiger partial charge in [0.1, 0.15) is 0 Å². The fraction of sp³-hybridized carbons (Fsp3) is 0.444. The van der Waals surface area contributed by atoms with Crippen LogP contribution in [-0.2, 0) is 4.79 Å². The maximum atomic E-state index is 11.4. The van der Waals surface area contributed by atoms with Crippen molar-refractivity contribution in [2.24, 2.45) is 0 Å². The van der Waals surface area contributed by atoms with Gasteiger partial charge >= 0.3 is 0 Å². The van der Waals surface area contributed by atoms with Crippen molar-refractivity contribution in [3.63, 3.8) is 0 Å². The predicted molar refractivity (Wildman–Crippen MR) is 63.3 cm³/mol. The van der Waals surface area contributed by atoms with Crippen molar-refractivity contribution in [3.05, 3.63) is 17.7 Å². The monoisotopic (exact) mass is 291 g/mol. The molecule has 6 heteroatoms. The summed E-state index contributed by atoms with van der Waals surface area (Å²) >= 11 is 8.82. The maximum Gasteiger partial charge on any atom is 0.224 e. The second kappa shape index (κ2) is 6.74. The lowest BCUT2D eigenvalue weighted by Crippen LogP contribution is -2.11. The first-order chi connectivity index (χ1) is 7.22. The average molecular weight is 293 g/mol. The number of nitrogens with zero attached hydrogens (tertiary/aromatic N) is 2. The second-order valence-electron chi connectivity index (χ2n) is 2.94. The molecular formula is C9H11BrClN3O. The molecule has 0 unspecified atom stereocenters. The Bertz CT molecular complexity index is 318. The number of rotatable bonds is 5. The Morgan fingerprint density at radius 3 is 2.67 bits per heavy atom. The van der Waals surface area contributed by atoms with E-state index in [2.05, 4.69) is 31.2 Å². The quantitative estimate of drug-likeness (QED) is 0.516. The molecule has 0 aliphatic carbocycles. The fourth-order valence-corrected chi connectivity index (χ4v) is 1.47. The number of carbonyl (C=O) groups excluding carboxylic acids is 1. The van der Waals surface area contributed by atoms with Gasteiger partial charge in [0.2, 0.25) is 11.2 Å². The van der Waals surface area contributed by atoms with E-state index in [-0.39, 0.29) is 11.2 Å². The van der Waals surface area contributed by atoms with E-state index in [1.807, 2.05) is 0 Å². The molecule has 0 saturated carbocycles. The van der Waals surface area contributed by atoms with Crippen molar-refractivity contribution in [3.8, 4) is 0 Å². The van der Waals surface area contributed by atoms with Crippen LogP contribution in [0.3, 0.4) is 0 Å². The highest BCUT2D eigenvalue weighted by Crippen LogP contribution is 2.07. The Balaban J connectivity index is 2.34. The van der Waals surface area contributed by atoms with Crippen LogP contribution in [-0.4, -0.2) is 21.2 Å². The molecule has 0 fully saturated rings. The molecule has 0 aliphatic heterocycles. The minimum Gasteiger partial charge on any atom is -0.323 e. The molecular weight excluding hydrogens is 281 g/mol. The number of nitrogens with one attached hydrogen (secondary N) is 1. The molecule has 0 radical (unpaired) electrons. The summed E-state index contributed by atoms with van der Waals surface area (Å²) in [6.07, 6.45) is 5.33. The SMILES string of the molecule is O=C(CCCCBr)Nc1cnc(Cl)nc1. The van der Waals surface area contributed by atoms with E-state index < -0.39 is 0 Å². The van der Waals surface area contributed by atoms with Gasteiger partial charge in [-0.2, -0.15) is 0 Å². The van der Waals surface area contributed by atoms with Gasteiger partial charge in [0.05, 0.1) is 18.1 Å². The van der Waals surface area contributed by atoms with Gasteiger partial charge in [0.25, 0.3) is 0 Å². The van der Waals surface area contributed by atoms with Crippen LogP contribution >= 0.6 is 27.5 Å². The topological polar surface area (TPSA) is 54.9 Å². The molecule has 0 atom stereocenters. The van der Waals surface area contributed by atoms with Gasteiger partial charge in [-0.05, 0) is 24.4 Å². The van der Waals surface area contributed by atoms with Gasteiger partial charge in [0, 0.05) is 11.8 Å². The van der Waals surface area contributed by atoms with Gasteiger partial charge in [-0.25, -0.2) is 9.97 Å². The summed E-state index contributed by atoms with van der Waals surface area (Å²) in [5.41, 5.74) is 0.572. The van der Waals surface area contributed by atoms with Gasteiger partial charge in [-0.1, -0.05) is 15.9 Å². The summed E-state index contributed by atoms with van der Waals surface area (Å²) < 4.78 is 0. The smallest absolute Gasteiger partial charge is 0.224 e. The summed E-state index contributed by atoms with van der Waals surface area (Å²) in [5, 5.41) is 3.78. The fourth-order valence-electron chi connectivity index (χ4n) is 0.980. The standard InChI is InChI=1S/C9H11BrClN3O/c10-4-2-1-3-8(15)14-7-5-12-9(11)13-6-7/h5-6H,1-4H2,(H,14,15). The first-order valence-electron chi connectivity index (χ1n) is 4.55. The highest BCUT2D eigenvalue weighted by atomic mass is 79.9. The Kier molecular flexibility index (Phi) is 5.57. The Hall–Kier alpha value is -0.680. The molecule has 4 nitrogen and oxygen atoms in total. The van der Waals surface area contributed by atoms with Crippen molar-refractivity contribution in [2.45, 2.75) is 19.3 Å². The average Bonchev–Trinajstić information content (AvgIpc) is 2.22. The zero-order valence-corrected chi connectivity index (χ0v) is 10.4. The van der Waals surface area contributed by atoms with Gasteiger partial charge < -0.3 is 5.32 Å².